The van der Waals surface area contributed by atoms with E-state index in [0.717, 1.165) is 5.56 Å². The molecule has 0 aromatic heterocycles. The van der Waals surface area contributed by atoms with Crippen molar-refractivity contribution in [3.05, 3.63) is 64.7 Å². The first-order valence-corrected chi connectivity index (χ1v) is 8.30. The lowest BCUT2D eigenvalue weighted by Crippen LogP contribution is -2.34. The van der Waals surface area contributed by atoms with E-state index in [0.29, 0.717) is 16.9 Å². The third kappa shape index (κ3) is 4.38. The molecule has 26 heavy (non-hydrogen) atoms. The lowest BCUT2D eigenvalue weighted by atomic mass is 9.84. The summed E-state index contributed by atoms with van der Waals surface area (Å²) < 4.78 is 38.0. The van der Waals surface area contributed by atoms with Crippen LogP contribution in [0.15, 0.2) is 36.4 Å². The first-order chi connectivity index (χ1) is 12.2. The third-order valence-electron chi connectivity index (χ3n) is 4.24. The Morgan fingerprint density at radius 3 is 2.15 bits per heavy atom. The zero-order chi connectivity index (χ0) is 19.4. The summed E-state index contributed by atoms with van der Waals surface area (Å²) in [4.78, 5) is 12.0. The van der Waals surface area contributed by atoms with Crippen LogP contribution < -0.4 is 10.5 Å². The molecule has 0 bridgehead atoms. The van der Waals surface area contributed by atoms with Crippen molar-refractivity contribution in [2.24, 2.45) is 5.73 Å². The Morgan fingerprint density at radius 2 is 1.62 bits per heavy atom. The Bertz CT molecular complexity index is 793. The van der Waals surface area contributed by atoms with Crippen LogP contribution in [-0.2, 0) is 9.53 Å². The maximum Gasteiger partial charge on any atom is 0.322 e. The molecule has 0 aliphatic carbocycles. The normalized spacial score (nSPS) is 14.4. The molecule has 0 saturated heterocycles. The summed E-state index contributed by atoms with van der Waals surface area (Å²) in [5.41, 5.74) is 7.66. The van der Waals surface area contributed by atoms with E-state index in [1.807, 2.05) is 0 Å². The van der Waals surface area contributed by atoms with Gasteiger partial charge in [0.1, 0.15) is 29.5 Å². The molecule has 6 heteroatoms. The number of carbonyl (C=O) groups is 1. The fourth-order valence-corrected chi connectivity index (χ4v) is 2.96. The number of carbonyl (C=O) groups excluding carboxylic acids is 1. The lowest BCUT2D eigenvalue weighted by molar-refractivity contribution is -0.150. The van der Waals surface area contributed by atoms with Gasteiger partial charge >= 0.3 is 5.97 Å². The van der Waals surface area contributed by atoms with Gasteiger partial charge in [0, 0.05) is 17.5 Å². The molecule has 0 heterocycles. The number of halogens is 2. The first-order valence-electron chi connectivity index (χ1n) is 8.30. The van der Waals surface area contributed by atoms with Gasteiger partial charge < -0.3 is 15.2 Å². The number of hydrogen-bond donors (Lipinski definition) is 1. The van der Waals surface area contributed by atoms with Crippen LogP contribution in [0.4, 0.5) is 8.78 Å². The topological polar surface area (TPSA) is 61.5 Å². The molecule has 0 fully saturated rings. The van der Waals surface area contributed by atoms with Crippen LogP contribution >= 0.6 is 0 Å². The van der Waals surface area contributed by atoms with Crippen LogP contribution in [0.1, 0.15) is 36.5 Å². The van der Waals surface area contributed by atoms with Gasteiger partial charge in [0.05, 0.1) is 7.11 Å². The van der Waals surface area contributed by atoms with Gasteiger partial charge in [0.25, 0.3) is 0 Å². The summed E-state index contributed by atoms with van der Waals surface area (Å²) in [7, 11) is 1.44. The second-order valence-corrected chi connectivity index (χ2v) is 6.30. The molecule has 0 unspecified atom stereocenters. The highest BCUT2D eigenvalue weighted by molar-refractivity contribution is 5.75. The minimum absolute atomic E-state index is 0.322. The molecule has 0 spiro atoms. The third-order valence-corrected chi connectivity index (χ3v) is 4.24. The summed E-state index contributed by atoms with van der Waals surface area (Å²) >= 11 is 0. The van der Waals surface area contributed by atoms with E-state index < -0.39 is 29.9 Å². The number of benzene rings is 2. The molecule has 2 N–H and O–H groups in total. The molecule has 0 saturated carbocycles. The molecule has 0 aliphatic heterocycles. The number of ether oxygens (including phenoxy) is 2. The SMILES string of the molecule is COc1cc(F)ccc1[C@H](c1ccc(F)cc1C)[C@H](C)OC(=O)[C@H](C)N. The Balaban J connectivity index is 2.57. The van der Waals surface area contributed by atoms with Gasteiger partial charge in [-0.1, -0.05) is 12.1 Å². The predicted molar refractivity (Wildman–Crippen MR) is 95.1 cm³/mol. The molecule has 2 aromatic rings. The lowest BCUT2D eigenvalue weighted by Gasteiger charge is -2.28. The molecular weight excluding hydrogens is 340 g/mol. The smallest absolute Gasteiger partial charge is 0.322 e. The highest BCUT2D eigenvalue weighted by Gasteiger charge is 2.29. The number of rotatable bonds is 6. The summed E-state index contributed by atoms with van der Waals surface area (Å²) in [5, 5.41) is 0. The van der Waals surface area contributed by atoms with Crippen molar-refractivity contribution in [2.45, 2.75) is 38.8 Å². The Morgan fingerprint density at radius 1 is 1.04 bits per heavy atom. The number of nitrogens with two attached hydrogens (primary N) is 1. The van der Waals surface area contributed by atoms with E-state index in [1.165, 1.54) is 38.3 Å². The maximum absolute atomic E-state index is 13.6. The molecule has 0 radical (unpaired) electrons. The van der Waals surface area contributed by atoms with Crippen LogP contribution in [0.2, 0.25) is 0 Å². The van der Waals surface area contributed by atoms with Crippen LogP contribution in [0.3, 0.4) is 0 Å². The van der Waals surface area contributed by atoms with E-state index in [1.54, 1.807) is 26.0 Å². The molecule has 0 aliphatic rings. The average molecular weight is 363 g/mol. The minimum Gasteiger partial charge on any atom is -0.496 e. The van der Waals surface area contributed by atoms with Gasteiger partial charge in [-0.05, 0) is 50.1 Å². The zero-order valence-corrected chi connectivity index (χ0v) is 15.3. The van der Waals surface area contributed by atoms with Gasteiger partial charge in [-0.15, -0.1) is 0 Å². The summed E-state index contributed by atoms with van der Waals surface area (Å²) in [6.45, 7) is 5.02. The number of hydrogen-bond acceptors (Lipinski definition) is 4. The maximum atomic E-state index is 13.6. The fourth-order valence-electron chi connectivity index (χ4n) is 2.96. The molecule has 4 nitrogen and oxygen atoms in total. The van der Waals surface area contributed by atoms with Crippen molar-refractivity contribution >= 4 is 5.97 Å². The zero-order valence-electron chi connectivity index (χ0n) is 15.3. The Hall–Kier alpha value is -2.47. The fraction of sp³-hybridized carbons (Fsp3) is 0.350. The molecule has 0 amide bonds. The van der Waals surface area contributed by atoms with Crippen molar-refractivity contribution in [1.29, 1.82) is 0 Å². The van der Waals surface area contributed by atoms with Gasteiger partial charge in [0.15, 0.2) is 0 Å². The van der Waals surface area contributed by atoms with Gasteiger partial charge in [-0.25, -0.2) is 8.78 Å². The first kappa shape index (κ1) is 19.8. The summed E-state index contributed by atoms with van der Waals surface area (Å²) in [6, 6.07) is 7.75. The largest absolute Gasteiger partial charge is 0.496 e. The quantitative estimate of drug-likeness (QED) is 0.795. The van der Waals surface area contributed by atoms with Crippen molar-refractivity contribution in [1.82, 2.24) is 0 Å². The molecule has 2 aromatic carbocycles. The second-order valence-electron chi connectivity index (χ2n) is 6.30. The van der Waals surface area contributed by atoms with E-state index in [-0.39, 0.29) is 5.82 Å². The highest BCUT2D eigenvalue weighted by atomic mass is 19.1. The average Bonchev–Trinajstić information content (AvgIpc) is 2.57. The van der Waals surface area contributed by atoms with Crippen molar-refractivity contribution < 1.29 is 23.0 Å². The van der Waals surface area contributed by atoms with Crippen LogP contribution in [0, 0.1) is 18.6 Å². The number of aryl methyl sites for hydroxylation is 1. The number of methoxy groups -OCH3 is 1. The van der Waals surface area contributed by atoms with Crippen molar-refractivity contribution in [3.8, 4) is 5.75 Å². The van der Waals surface area contributed by atoms with Crippen molar-refractivity contribution in [2.75, 3.05) is 7.11 Å². The summed E-state index contributed by atoms with van der Waals surface area (Å²) in [5.74, 6) is -1.52. The second kappa shape index (κ2) is 8.27. The molecule has 2 rings (SSSR count). The van der Waals surface area contributed by atoms with E-state index in [2.05, 4.69) is 0 Å². The van der Waals surface area contributed by atoms with E-state index in [4.69, 9.17) is 15.2 Å². The van der Waals surface area contributed by atoms with Gasteiger partial charge in [-0.2, -0.15) is 0 Å². The molecule has 140 valence electrons. The number of esters is 1. The van der Waals surface area contributed by atoms with Crippen molar-refractivity contribution in [3.63, 3.8) is 0 Å². The molecule has 3 atom stereocenters. The van der Waals surface area contributed by atoms with Gasteiger partial charge in [-0.3, -0.25) is 4.79 Å². The van der Waals surface area contributed by atoms with E-state index in [9.17, 15) is 13.6 Å². The van der Waals surface area contributed by atoms with Crippen LogP contribution in [0.5, 0.6) is 5.75 Å². The Kier molecular flexibility index (Phi) is 6.32. The Labute approximate surface area is 151 Å². The minimum atomic E-state index is -0.775. The van der Waals surface area contributed by atoms with Gasteiger partial charge in [0.2, 0.25) is 0 Å². The van der Waals surface area contributed by atoms with E-state index >= 15 is 0 Å². The van der Waals surface area contributed by atoms with Crippen LogP contribution in [-0.4, -0.2) is 25.2 Å². The molecular formula is C20H23F2NO3. The summed E-state index contributed by atoms with van der Waals surface area (Å²) in [6.07, 6.45) is -0.628. The monoisotopic (exact) mass is 363 g/mol. The predicted octanol–water partition coefficient (Wildman–Crippen LogP) is 3.69. The van der Waals surface area contributed by atoms with Crippen LogP contribution in [0.25, 0.3) is 0 Å². The highest BCUT2D eigenvalue weighted by Crippen LogP contribution is 2.37. The standard InChI is InChI=1S/C20H23F2NO3/c1-11-9-14(21)5-7-16(11)19(13(3)26-20(24)12(2)23)17-8-6-15(22)10-18(17)25-4/h5-10,12-13,19H,23H2,1-4H3/t12-,13-,19-/m0/s1.